The predicted octanol–water partition coefficient (Wildman–Crippen LogP) is 2.28. The van der Waals surface area contributed by atoms with Gasteiger partial charge in [0.1, 0.15) is 17.3 Å². The van der Waals surface area contributed by atoms with Crippen molar-refractivity contribution < 1.29 is 13.6 Å². The van der Waals surface area contributed by atoms with Crippen LogP contribution in [0.15, 0.2) is 18.2 Å². The van der Waals surface area contributed by atoms with Crippen molar-refractivity contribution in [3.63, 3.8) is 0 Å². The second-order valence-corrected chi connectivity index (χ2v) is 4.93. The number of carbonyl (C=O) groups excluding carboxylic acids is 1. The summed E-state index contributed by atoms with van der Waals surface area (Å²) in [6.07, 6.45) is 0. The van der Waals surface area contributed by atoms with Crippen molar-refractivity contribution in [3.05, 3.63) is 29.8 Å². The lowest BCUT2D eigenvalue weighted by Crippen LogP contribution is -2.45. The molecule has 0 saturated carbocycles. The van der Waals surface area contributed by atoms with Gasteiger partial charge in [0, 0.05) is 0 Å². The minimum Gasteiger partial charge on any atom is -0.320 e. The summed E-state index contributed by atoms with van der Waals surface area (Å²) >= 11 is 0. The second kappa shape index (κ2) is 4.79. The van der Waals surface area contributed by atoms with Gasteiger partial charge in [-0.05, 0) is 17.5 Å². The molecule has 1 rings (SSSR count). The fourth-order valence-corrected chi connectivity index (χ4v) is 1.21. The van der Waals surface area contributed by atoms with Gasteiger partial charge >= 0.3 is 0 Å². The smallest absolute Gasteiger partial charge is 0.241 e. The van der Waals surface area contributed by atoms with Crippen LogP contribution in [0.5, 0.6) is 0 Å². The zero-order chi connectivity index (χ0) is 13.2. The molecule has 1 aromatic rings. The van der Waals surface area contributed by atoms with E-state index in [0.717, 1.165) is 12.1 Å². The van der Waals surface area contributed by atoms with Crippen LogP contribution in [0.2, 0.25) is 0 Å². The molecule has 0 saturated heterocycles. The van der Waals surface area contributed by atoms with Gasteiger partial charge in [-0.25, -0.2) is 8.78 Å². The van der Waals surface area contributed by atoms with E-state index in [0.29, 0.717) is 0 Å². The molecule has 1 aromatic carbocycles. The molecule has 0 fully saturated rings. The van der Waals surface area contributed by atoms with Crippen LogP contribution < -0.4 is 11.1 Å². The lowest BCUT2D eigenvalue weighted by molar-refractivity contribution is -0.119. The standard InChI is InChI=1S/C12H16F2N2O/c1-12(2,3)10(15)11(17)16-9-7(13)5-4-6-8(9)14/h4-6,10H,15H2,1-3H3,(H,16,17)/t10-/m0/s1. The Kier molecular flexibility index (Phi) is 3.83. The van der Waals surface area contributed by atoms with E-state index < -0.39 is 34.7 Å². The average Bonchev–Trinajstić information content (AvgIpc) is 2.21. The summed E-state index contributed by atoms with van der Waals surface area (Å²) in [4.78, 5) is 11.7. The van der Waals surface area contributed by atoms with Gasteiger partial charge in [0.2, 0.25) is 5.91 Å². The minimum absolute atomic E-state index is 0.461. The van der Waals surface area contributed by atoms with Gasteiger partial charge in [-0.1, -0.05) is 26.8 Å². The Morgan fingerprint density at radius 1 is 1.29 bits per heavy atom. The summed E-state index contributed by atoms with van der Waals surface area (Å²) in [5.74, 6) is -2.25. The molecule has 0 aliphatic carbocycles. The van der Waals surface area contributed by atoms with Gasteiger partial charge < -0.3 is 11.1 Å². The molecule has 0 aliphatic rings. The van der Waals surface area contributed by atoms with Crippen LogP contribution in [-0.4, -0.2) is 11.9 Å². The van der Waals surface area contributed by atoms with Crippen molar-refractivity contribution in [2.24, 2.45) is 11.1 Å². The number of para-hydroxylation sites is 1. The summed E-state index contributed by atoms with van der Waals surface area (Å²) in [5.41, 5.74) is 4.74. The number of anilines is 1. The van der Waals surface area contributed by atoms with Gasteiger partial charge in [0.25, 0.3) is 0 Å². The maximum absolute atomic E-state index is 13.3. The first-order valence-corrected chi connectivity index (χ1v) is 5.24. The summed E-state index contributed by atoms with van der Waals surface area (Å²) in [6, 6.07) is 2.52. The van der Waals surface area contributed by atoms with Crippen molar-refractivity contribution in [2.75, 3.05) is 5.32 Å². The molecule has 0 heterocycles. The normalized spacial score (nSPS) is 13.3. The molecule has 0 aromatic heterocycles. The summed E-state index contributed by atoms with van der Waals surface area (Å²) in [7, 11) is 0. The van der Waals surface area contributed by atoms with Crippen LogP contribution in [0.4, 0.5) is 14.5 Å². The van der Waals surface area contributed by atoms with E-state index in [-0.39, 0.29) is 0 Å². The van der Waals surface area contributed by atoms with Gasteiger partial charge in [-0.15, -0.1) is 0 Å². The highest BCUT2D eigenvalue weighted by Gasteiger charge is 2.28. The van der Waals surface area contributed by atoms with Crippen LogP contribution in [0, 0.1) is 17.0 Å². The van der Waals surface area contributed by atoms with Crippen LogP contribution in [0.3, 0.4) is 0 Å². The van der Waals surface area contributed by atoms with Crippen LogP contribution >= 0.6 is 0 Å². The zero-order valence-corrected chi connectivity index (χ0v) is 10.1. The molecular formula is C12H16F2N2O. The van der Waals surface area contributed by atoms with Crippen LogP contribution in [-0.2, 0) is 4.79 Å². The maximum Gasteiger partial charge on any atom is 0.241 e. The number of hydrogen-bond donors (Lipinski definition) is 2. The number of nitrogens with one attached hydrogen (secondary N) is 1. The lowest BCUT2D eigenvalue weighted by atomic mass is 9.87. The highest BCUT2D eigenvalue weighted by Crippen LogP contribution is 2.21. The molecule has 5 heteroatoms. The summed E-state index contributed by atoms with van der Waals surface area (Å²) in [5, 5.41) is 2.17. The first-order valence-electron chi connectivity index (χ1n) is 5.24. The lowest BCUT2D eigenvalue weighted by Gasteiger charge is -2.25. The van der Waals surface area contributed by atoms with Gasteiger partial charge in [-0.2, -0.15) is 0 Å². The third-order valence-electron chi connectivity index (χ3n) is 2.43. The minimum atomic E-state index is -0.846. The largest absolute Gasteiger partial charge is 0.320 e. The fourth-order valence-electron chi connectivity index (χ4n) is 1.21. The Morgan fingerprint density at radius 3 is 2.18 bits per heavy atom. The SMILES string of the molecule is CC(C)(C)[C@@H](N)C(=O)Nc1c(F)cccc1F. The number of rotatable bonds is 2. The molecule has 0 aliphatic heterocycles. The molecule has 0 spiro atoms. The van der Waals surface area contributed by atoms with E-state index in [9.17, 15) is 13.6 Å². The zero-order valence-electron chi connectivity index (χ0n) is 10.1. The monoisotopic (exact) mass is 242 g/mol. The first-order chi connectivity index (χ1) is 7.73. The van der Waals surface area contributed by atoms with E-state index in [1.165, 1.54) is 6.07 Å². The quantitative estimate of drug-likeness (QED) is 0.835. The highest BCUT2D eigenvalue weighted by atomic mass is 19.1. The molecule has 1 amide bonds. The van der Waals surface area contributed by atoms with Crippen molar-refractivity contribution in [3.8, 4) is 0 Å². The van der Waals surface area contributed by atoms with Gasteiger partial charge in [0.05, 0.1) is 6.04 Å². The molecule has 3 nitrogen and oxygen atoms in total. The van der Waals surface area contributed by atoms with Gasteiger partial charge in [-0.3, -0.25) is 4.79 Å². The Morgan fingerprint density at radius 2 is 1.76 bits per heavy atom. The molecular weight excluding hydrogens is 226 g/mol. The van der Waals surface area contributed by atoms with Crippen LogP contribution in [0.25, 0.3) is 0 Å². The highest BCUT2D eigenvalue weighted by molar-refractivity contribution is 5.95. The molecule has 0 bridgehead atoms. The second-order valence-electron chi connectivity index (χ2n) is 4.93. The molecule has 3 N–H and O–H groups in total. The third kappa shape index (κ3) is 3.23. The van der Waals surface area contributed by atoms with E-state index in [4.69, 9.17) is 5.73 Å². The fraction of sp³-hybridized carbons (Fsp3) is 0.417. The Balaban J connectivity index is 2.89. The predicted molar refractivity (Wildman–Crippen MR) is 62.4 cm³/mol. The van der Waals surface area contributed by atoms with Crippen molar-refractivity contribution in [1.29, 1.82) is 0 Å². The van der Waals surface area contributed by atoms with E-state index in [1.807, 2.05) is 0 Å². The molecule has 17 heavy (non-hydrogen) atoms. The van der Waals surface area contributed by atoms with Crippen molar-refractivity contribution >= 4 is 11.6 Å². The van der Waals surface area contributed by atoms with Gasteiger partial charge in [0.15, 0.2) is 0 Å². The summed E-state index contributed by atoms with van der Waals surface area (Å²) in [6.45, 7) is 5.32. The Labute approximate surface area is 99.0 Å². The topological polar surface area (TPSA) is 55.1 Å². The molecule has 0 unspecified atom stereocenters. The molecule has 1 atom stereocenters. The maximum atomic E-state index is 13.3. The number of hydrogen-bond acceptors (Lipinski definition) is 2. The third-order valence-corrected chi connectivity index (χ3v) is 2.43. The average molecular weight is 242 g/mol. The Hall–Kier alpha value is -1.49. The number of benzene rings is 1. The number of nitrogens with two attached hydrogens (primary N) is 1. The molecule has 0 radical (unpaired) electrons. The summed E-state index contributed by atoms with van der Waals surface area (Å²) < 4.78 is 26.6. The van der Waals surface area contributed by atoms with E-state index >= 15 is 0 Å². The molecule has 94 valence electrons. The number of amides is 1. The van der Waals surface area contributed by atoms with Crippen molar-refractivity contribution in [1.82, 2.24) is 0 Å². The van der Waals surface area contributed by atoms with Crippen molar-refractivity contribution in [2.45, 2.75) is 26.8 Å². The Bertz CT molecular complexity index is 407. The number of halogens is 2. The van der Waals surface area contributed by atoms with E-state index in [2.05, 4.69) is 5.32 Å². The van der Waals surface area contributed by atoms with E-state index in [1.54, 1.807) is 20.8 Å². The number of carbonyl (C=O) groups is 1. The first kappa shape index (κ1) is 13.6. The van der Waals surface area contributed by atoms with Crippen LogP contribution in [0.1, 0.15) is 20.8 Å².